The number of rotatable bonds is 6. The molecule has 0 saturated heterocycles. The highest BCUT2D eigenvalue weighted by Crippen LogP contribution is 2.19. The van der Waals surface area contributed by atoms with E-state index in [1.165, 1.54) is 6.08 Å². The Labute approximate surface area is 152 Å². The molecule has 0 atom stereocenters. The molecule has 0 saturated carbocycles. The third-order valence-electron chi connectivity index (χ3n) is 3.58. The van der Waals surface area contributed by atoms with E-state index in [0.717, 1.165) is 16.9 Å². The number of nitrogens with zero attached hydrogens (tertiary/aromatic N) is 2. The third-order valence-corrected chi connectivity index (χ3v) is 3.58. The largest absolute Gasteiger partial charge is 0.493 e. The molecule has 1 aromatic heterocycles. The first-order valence-corrected chi connectivity index (χ1v) is 8.34. The lowest BCUT2D eigenvalue weighted by molar-refractivity contribution is -0.111. The maximum absolute atomic E-state index is 12.1. The lowest BCUT2D eigenvalue weighted by atomic mass is 10.2. The van der Waals surface area contributed by atoms with Gasteiger partial charge in [-0.3, -0.25) is 4.79 Å². The van der Waals surface area contributed by atoms with E-state index in [1.807, 2.05) is 61.5 Å². The molecule has 5 heteroatoms. The van der Waals surface area contributed by atoms with Crippen LogP contribution in [0.4, 0.5) is 5.69 Å². The molecule has 3 rings (SSSR count). The van der Waals surface area contributed by atoms with Crippen molar-refractivity contribution in [1.29, 1.82) is 0 Å². The summed E-state index contributed by atoms with van der Waals surface area (Å²) in [5.74, 6) is 1.10. The summed E-state index contributed by atoms with van der Waals surface area (Å²) in [6.45, 7) is 2.49. The van der Waals surface area contributed by atoms with Crippen molar-refractivity contribution in [3.8, 4) is 17.1 Å². The molecule has 2 aromatic carbocycles. The molecule has 0 aliphatic rings. The molecule has 0 unspecified atom stereocenters. The van der Waals surface area contributed by atoms with E-state index in [9.17, 15) is 4.79 Å². The standard InChI is InChI=1S/C21H19N3O2/c1-2-26-19-11-7-6-8-16(19)12-13-20(25)24-18-14-22-21(23-15-18)17-9-4-3-5-10-17/h3-15H,2H2,1H3,(H,24,25)/b13-12+. The lowest BCUT2D eigenvalue weighted by Crippen LogP contribution is -2.08. The molecule has 3 aromatic rings. The second kappa shape index (κ2) is 8.58. The van der Waals surface area contributed by atoms with E-state index < -0.39 is 0 Å². The second-order valence-corrected chi connectivity index (χ2v) is 5.45. The number of hydrogen-bond donors (Lipinski definition) is 1. The van der Waals surface area contributed by atoms with E-state index in [-0.39, 0.29) is 5.91 Å². The number of para-hydroxylation sites is 1. The Morgan fingerprint density at radius 2 is 1.73 bits per heavy atom. The van der Waals surface area contributed by atoms with Gasteiger partial charge in [-0.1, -0.05) is 48.5 Å². The topological polar surface area (TPSA) is 64.1 Å². The maximum atomic E-state index is 12.1. The molecule has 26 heavy (non-hydrogen) atoms. The number of aromatic nitrogens is 2. The quantitative estimate of drug-likeness (QED) is 0.680. The molecular formula is C21H19N3O2. The Morgan fingerprint density at radius 3 is 2.46 bits per heavy atom. The number of hydrogen-bond acceptors (Lipinski definition) is 4. The fourth-order valence-corrected chi connectivity index (χ4v) is 2.38. The molecule has 130 valence electrons. The van der Waals surface area contributed by atoms with Gasteiger partial charge in [0.05, 0.1) is 24.7 Å². The van der Waals surface area contributed by atoms with Crippen LogP contribution in [0, 0.1) is 0 Å². The van der Waals surface area contributed by atoms with Crippen LogP contribution in [0.3, 0.4) is 0 Å². The van der Waals surface area contributed by atoms with Gasteiger partial charge in [-0.15, -0.1) is 0 Å². The van der Waals surface area contributed by atoms with Crippen LogP contribution in [-0.4, -0.2) is 22.5 Å². The van der Waals surface area contributed by atoms with Crippen LogP contribution in [0.5, 0.6) is 5.75 Å². The Bertz CT molecular complexity index is 891. The first-order chi connectivity index (χ1) is 12.8. The van der Waals surface area contributed by atoms with Crippen LogP contribution in [0.2, 0.25) is 0 Å². The smallest absolute Gasteiger partial charge is 0.248 e. The average molecular weight is 345 g/mol. The van der Waals surface area contributed by atoms with E-state index in [2.05, 4.69) is 15.3 Å². The Kier molecular flexibility index (Phi) is 5.72. The molecule has 0 aliphatic heterocycles. The molecule has 1 N–H and O–H groups in total. The fourth-order valence-electron chi connectivity index (χ4n) is 2.38. The van der Waals surface area contributed by atoms with Crippen LogP contribution in [0.1, 0.15) is 12.5 Å². The average Bonchev–Trinajstić information content (AvgIpc) is 2.69. The van der Waals surface area contributed by atoms with Gasteiger partial charge in [0.1, 0.15) is 5.75 Å². The van der Waals surface area contributed by atoms with Gasteiger partial charge in [0.15, 0.2) is 5.82 Å². The zero-order chi connectivity index (χ0) is 18.2. The molecular weight excluding hydrogens is 326 g/mol. The first kappa shape index (κ1) is 17.4. The summed E-state index contributed by atoms with van der Waals surface area (Å²) >= 11 is 0. The molecule has 0 spiro atoms. The van der Waals surface area contributed by atoms with E-state index in [1.54, 1.807) is 18.5 Å². The van der Waals surface area contributed by atoms with Crippen LogP contribution < -0.4 is 10.1 Å². The number of nitrogens with one attached hydrogen (secondary N) is 1. The predicted molar refractivity (Wildman–Crippen MR) is 103 cm³/mol. The zero-order valence-corrected chi connectivity index (χ0v) is 14.4. The molecule has 0 bridgehead atoms. The Morgan fingerprint density at radius 1 is 1.04 bits per heavy atom. The van der Waals surface area contributed by atoms with Gasteiger partial charge < -0.3 is 10.1 Å². The van der Waals surface area contributed by atoms with Gasteiger partial charge >= 0.3 is 0 Å². The second-order valence-electron chi connectivity index (χ2n) is 5.45. The predicted octanol–water partition coefficient (Wildman–Crippen LogP) is 4.19. The highest BCUT2D eigenvalue weighted by Gasteiger charge is 2.03. The van der Waals surface area contributed by atoms with E-state index >= 15 is 0 Å². The molecule has 1 amide bonds. The van der Waals surface area contributed by atoms with Crippen molar-refractivity contribution in [1.82, 2.24) is 9.97 Å². The van der Waals surface area contributed by atoms with Crippen molar-refractivity contribution in [3.05, 3.63) is 78.6 Å². The molecule has 5 nitrogen and oxygen atoms in total. The van der Waals surface area contributed by atoms with Crippen molar-refractivity contribution < 1.29 is 9.53 Å². The minimum absolute atomic E-state index is 0.257. The van der Waals surface area contributed by atoms with Gasteiger partial charge in [-0.25, -0.2) is 9.97 Å². The summed E-state index contributed by atoms with van der Waals surface area (Å²) < 4.78 is 5.54. The van der Waals surface area contributed by atoms with Crippen LogP contribution in [0.25, 0.3) is 17.5 Å². The minimum Gasteiger partial charge on any atom is -0.493 e. The molecule has 0 aliphatic carbocycles. The van der Waals surface area contributed by atoms with Crippen LogP contribution >= 0.6 is 0 Å². The Hall–Kier alpha value is -3.47. The highest BCUT2D eigenvalue weighted by molar-refractivity contribution is 6.01. The van der Waals surface area contributed by atoms with Crippen molar-refractivity contribution >= 4 is 17.7 Å². The first-order valence-electron chi connectivity index (χ1n) is 8.34. The van der Waals surface area contributed by atoms with Crippen molar-refractivity contribution in [2.75, 3.05) is 11.9 Å². The number of carbonyl (C=O) groups is 1. The minimum atomic E-state index is -0.257. The normalized spacial score (nSPS) is 10.7. The number of benzene rings is 2. The van der Waals surface area contributed by atoms with Gasteiger partial charge in [-0.05, 0) is 19.1 Å². The maximum Gasteiger partial charge on any atom is 0.248 e. The summed E-state index contributed by atoms with van der Waals surface area (Å²) in [4.78, 5) is 20.7. The van der Waals surface area contributed by atoms with E-state index in [4.69, 9.17) is 4.74 Å². The molecule has 1 heterocycles. The number of carbonyl (C=O) groups excluding carboxylic acids is 1. The number of anilines is 1. The summed E-state index contributed by atoms with van der Waals surface area (Å²) in [5, 5.41) is 2.75. The summed E-state index contributed by atoms with van der Waals surface area (Å²) in [7, 11) is 0. The number of ether oxygens (including phenoxy) is 1. The van der Waals surface area contributed by atoms with Crippen LogP contribution in [-0.2, 0) is 4.79 Å². The van der Waals surface area contributed by atoms with Crippen molar-refractivity contribution in [3.63, 3.8) is 0 Å². The summed E-state index contributed by atoms with van der Waals surface area (Å²) in [6, 6.07) is 17.2. The van der Waals surface area contributed by atoms with Crippen molar-refractivity contribution in [2.24, 2.45) is 0 Å². The lowest BCUT2D eigenvalue weighted by Gasteiger charge is -2.06. The van der Waals surface area contributed by atoms with Gasteiger partial charge in [0.25, 0.3) is 0 Å². The third kappa shape index (κ3) is 4.54. The van der Waals surface area contributed by atoms with Gasteiger partial charge in [0.2, 0.25) is 5.91 Å². The SMILES string of the molecule is CCOc1ccccc1/C=C/C(=O)Nc1cnc(-c2ccccc2)nc1. The summed E-state index contributed by atoms with van der Waals surface area (Å²) in [5.41, 5.74) is 2.32. The van der Waals surface area contributed by atoms with Crippen molar-refractivity contribution in [2.45, 2.75) is 6.92 Å². The monoisotopic (exact) mass is 345 g/mol. The van der Waals surface area contributed by atoms with Gasteiger partial charge in [-0.2, -0.15) is 0 Å². The fraction of sp³-hybridized carbons (Fsp3) is 0.0952. The molecule has 0 radical (unpaired) electrons. The van der Waals surface area contributed by atoms with Gasteiger partial charge in [0, 0.05) is 17.2 Å². The molecule has 0 fully saturated rings. The Balaban J connectivity index is 1.65. The number of amides is 1. The zero-order valence-electron chi connectivity index (χ0n) is 14.4. The van der Waals surface area contributed by atoms with Crippen LogP contribution in [0.15, 0.2) is 73.1 Å². The highest BCUT2D eigenvalue weighted by atomic mass is 16.5. The van der Waals surface area contributed by atoms with E-state index in [0.29, 0.717) is 18.1 Å². The summed E-state index contributed by atoms with van der Waals surface area (Å²) in [6.07, 6.45) is 6.37.